The van der Waals surface area contributed by atoms with Gasteiger partial charge < -0.3 is 14.1 Å². The molecule has 0 aliphatic carbocycles. The van der Waals surface area contributed by atoms with Crippen LogP contribution in [-0.2, 0) is 4.74 Å². The lowest BCUT2D eigenvalue weighted by Crippen LogP contribution is -2.28. The van der Waals surface area contributed by atoms with E-state index in [0.717, 1.165) is 0 Å². The minimum atomic E-state index is -0.510. The molecular formula is C11H15N3O3. The fourth-order valence-electron chi connectivity index (χ4n) is 1.18. The molecular weight excluding hydrogens is 222 g/mol. The number of carbonyl (C=O) groups excluding carboxylic acids is 1. The summed E-state index contributed by atoms with van der Waals surface area (Å²) in [5.74, 6) is -0.510. The highest BCUT2D eigenvalue weighted by Gasteiger charge is 2.18. The van der Waals surface area contributed by atoms with Crippen molar-refractivity contribution in [3.63, 3.8) is 0 Å². The van der Waals surface area contributed by atoms with Gasteiger partial charge in [0.15, 0.2) is 5.69 Å². The molecule has 0 fully saturated rings. The quantitative estimate of drug-likeness (QED) is 0.723. The summed E-state index contributed by atoms with van der Waals surface area (Å²) >= 11 is 0. The van der Waals surface area contributed by atoms with Crippen molar-refractivity contribution in [3.8, 4) is 6.07 Å². The molecule has 6 heteroatoms. The molecule has 0 saturated carbocycles. The lowest BCUT2D eigenvalue weighted by atomic mass is 10.2. The molecule has 0 aliphatic rings. The van der Waals surface area contributed by atoms with Crippen molar-refractivity contribution in [2.45, 2.75) is 26.3 Å². The van der Waals surface area contributed by atoms with Crippen LogP contribution in [0, 0.1) is 11.3 Å². The fourth-order valence-corrected chi connectivity index (χ4v) is 1.18. The van der Waals surface area contributed by atoms with Gasteiger partial charge in [-0.3, -0.25) is 0 Å². The molecule has 1 aromatic rings. The molecule has 1 aromatic heterocycles. The van der Waals surface area contributed by atoms with Crippen LogP contribution in [0.15, 0.2) is 10.7 Å². The van der Waals surface area contributed by atoms with Gasteiger partial charge in [-0.05, 0) is 13.8 Å². The zero-order valence-corrected chi connectivity index (χ0v) is 10.1. The summed E-state index contributed by atoms with van der Waals surface area (Å²) in [4.78, 5) is 17.1. The van der Waals surface area contributed by atoms with Crippen molar-refractivity contribution in [1.82, 2.24) is 4.98 Å². The fraction of sp³-hybridized carbons (Fsp3) is 0.545. The van der Waals surface area contributed by atoms with Crippen molar-refractivity contribution < 1.29 is 13.9 Å². The van der Waals surface area contributed by atoms with E-state index in [4.69, 9.17) is 14.4 Å². The van der Waals surface area contributed by atoms with Gasteiger partial charge in [0.05, 0.1) is 19.1 Å². The third-order valence-corrected chi connectivity index (χ3v) is 2.33. The maximum atomic E-state index is 11.4. The van der Waals surface area contributed by atoms with Crippen LogP contribution in [0.4, 0.5) is 6.01 Å². The summed E-state index contributed by atoms with van der Waals surface area (Å²) in [5, 5.41) is 8.59. The first-order valence-corrected chi connectivity index (χ1v) is 5.32. The number of hydrogen-bond donors (Lipinski definition) is 0. The van der Waals surface area contributed by atoms with Crippen LogP contribution in [0.5, 0.6) is 0 Å². The number of carbonyl (C=O) groups is 1. The molecule has 0 amide bonds. The second kappa shape index (κ2) is 5.89. The minimum Gasteiger partial charge on any atom is -0.461 e. The molecule has 1 heterocycles. The summed E-state index contributed by atoms with van der Waals surface area (Å²) in [6, 6.07) is 2.33. The van der Waals surface area contributed by atoms with Crippen LogP contribution in [0.25, 0.3) is 0 Å². The summed E-state index contributed by atoms with van der Waals surface area (Å²) < 4.78 is 9.96. The van der Waals surface area contributed by atoms with Crippen molar-refractivity contribution >= 4 is 12.0 Å². The van der Waals surface area contributed by atoms with Crippen LogP contribution in [0.1, 0.15) is 30.8 Å². The molecule has 0 aliphatic heterocycles. The first-order chi connectivity index (χ1) is 8.10. The molecule has 1 unspecified atom stereocenters. The number of rotatable bonds is 5. The highest BCUT2D eigenvalue weighted by Crippen LogP contribution is 2.16. The Morgan fingerprint density at radius 2 is 2.47 bits per heavy atom. The van der Waals surface area contributed by atoms with E-state index in [1.807, 2.05) is 6.92 Å². The standard InChI is InChI=1S/C11H15N3O3/c1-4-16-10(15)9-7-17-11(13-9)14(3)8(2)5-6-12/h7-8H,4-5H2,1-3H3. The van der Waals surface area contributed by atoms with E-state index in [1.54, 1.807) is 18.9 Å². The Morgan fingerprint density at radius 3 is 3.06 bits per heavy atom. The van der Waals surface area contributed by atoms with Gasteiger partial charge in [-0.15, -0.1) is 0 Å². The SMILES string of the molecule is CCOC(=O)c1coc(N(C)C(C)CC#N)n1. The monoisotopic (exact) mass is 237 g/mol. The van der Waals surface area contributed by atoms with Gasteiger partial charge in [0.1, 0.15) is 6.26 Å². The molecule has 17 heavy (non-hydrogen) atoms. The number of aromatic nitrogens is 1. The van der Waals surface area contributed by atoms with E-state index in [0.29, 0.717) is 19.0 Å². The molecule has 6 nitrogen and oxygen atoms in total. The number of esters is 1. The lowest BCUT2D eigenvalue weighted by Gasteiger charge is -2.20. The molecule has 0 saturated heterocycles. The molecule has 0 N–H and O–H groups in total. The summed E-state index contributed by atoms with van der Waals surface area (Å²) in [7, 11) is 1.75. The molecule has 0 aromatic carbocycles. The molecule has 0 bridgehead atoms. The predicted octanol–water partition coefficient (Wildman–Crippen LogP) is 1.59. The largest absolute Gasteiger partial charge is 0.461 e. The molecule has 1 atom stereocenters. The summed E-state index contributed by atoms with van der Waals surface area (Å²) in [6.45, 7) is 3.89. The van der Waals surface area contributed by atoms with Gasteiger partial charge in [0.2, 0.25) is 0 Å². The Labute approximate surface area is 99.8 Å². The van der Waals surface area contributed by atoms with Crippen molar-refractivity contribution in [3.05, 3.63) is 12.0 Å². The van der Waals surface area contributed by atoms with E-state index < -0.39 is 5.97 Å². The van der Waals surface area contributed by atoms with E-state index in [9.17, 15) is 4.79 Å². The van der Waals surface area contributed by atoms with Gasteiger partial charge in [0.25, 0.3) is 6.01 Å². The zero-order chi connectivity index (χ0) is 12.8. The van der Waals surface area contributed by atoms with Crippen molar-refractivity contribution in [1.29, 1.82) is 5.26 Å². The van der Waals surface area contributed by atoms with E-state index >= 15 is 0 Å². The Morgan fingerprint density at radius 1 is 1.76 bits per heavy atom. The van der Waals surface area contributed by atoms with E-state index in [2.05, 4.69) is 11.1 Å². The van der Waals surface area contributed by atoms with Gasteiger partial charge in [-0.1, -0.05) is 0 Å². The average molecular weight is 237 g/mol. The molecule has 0 radical (unpaired) electrons. The third-order valence-electron chi connectivity index (χ3n) is 2.33. The summed E-state index contributed by atoms with van der Waals surface area (Å²) in [5.41, 5.74) is 0.137. The molecule has 0 spiro atoms. The second-order valence-electron chi connectivity index (χ2n) is 3.56. The number of hydrogen-bond acceptors (Lipinski definition) is 6. The first-order valence-electron chi connectivity index (χ1n) is 5.32. The Kier molecular flexibility index (Phi) is 4.52. The topological polar surface area (TPSA) is 79.4 Å². The Balaban J connectivity index is 2.74. The number of nitrogens with zero attached hydrogens (tertiary/aromatic N) is 3. The number of ether oxygens (including phenoxy) is 1. The average Bonchev–Trinajstić information content (AvgIpc) is 2.78. The predicted molar refractivity (Wildman–Crippen MR) is 60.6 cm³/mol. The smallest absolute Gasteiger partial charge is 0.360 e. The van der Waals surface area contributed by atoms with Crippen LogP contribution in [0.3, 0.4) is 0 Å². The van der Waals surface area contributed by atoms with E-state index in [1.165, 1.54) is 6.26 Å². The van der Waals surface area contributed by atoms with Crippen molar-refractivity contribution in [2.24, 2.45) is 0 Å². The number of nitriles is 1. The molecule has 92 valence electrons. The lowest BCUT2D eigenvalue weighted by molar-refractivity contribution is 0.0519. The van der Waals surface area contributed by atoms with Crippen molar-refractivity contribution in [2.75, 3.05) is 18.6 Å². The number of oxazole rings is 1. The maximum Gasteiger partial charge on any atom is 0.360 e. The normalized spacial score (nSPS) is 11.6. The Bertz CT molecular complexity index is 422. The summed E-state index contributed by atoms with van der Waals surface area (Å²) in [6.07, 6.45) is 1.61. The maximum absolute atomic E-state index is 11.4. The van der Waals surface area contributed by atoms with Crippen LogP contribution in [0.2, 0.25) is 0 Å². The highest BCUT2D eigenvalue weighted by molar-refractivity contribution is 5.87. The second-order valence-corrected chi connectivity index (χ2v) is 3.56. The third kappa shape index (κ3) is 3.21. The van der Waals surface area contributed by atoms with Gasteiger partial charge in [-0.25, -0.2) is 4.79 Å². The van der Waals surface area contributed by atoms with E-state index in [-0.39, 0.29) is 11.7 Å². The van der Waals surface area contributed by atoms with Gasteiger partial charge >= 0.3 is 5.97 Å². The van der Waals surface area contributed by atoms with Crippen LogP contribution >= 0.6 is 0 Å². The zero-order valence-electron chi connectivity index (χ0n) is 10.1. The first kappa shape index (κ1) is 13.0. The highest BCUT2D eigenvalue weighted by atomic mass is 16.5. The van der Waals surface area contributed by atoms with Gasteiger partial charge in [-0.2, -0.15) is 10.2 Å². The van der Waals surface area contributed by atoms with Crippen LogP contribution < -0.4 is 4.90 Å². The van der Waals surface area contributed by atoms with Gasteiger partial charge in [0, 0.05) is 13.1 Å². The number of anilines is 1. The molecule has 1 rings (SSSR count). The van der Waals surface area contributed by atoms with Crippen LogP contribution in [-0.4, -0.2) is 30.6 Å². The minimum absolute atomic E-state index is 0.0336. The Hall–Kier alpha value is -2.03.